The van der Waals surface area contributed by atoms with Gasteiger partial charge in [0.05, 0.1) is 0 Å². The fourth-order valence-electron chi connectivity index (χ4n) is 2.71. The average Bonchev–Trinajstić information content (AvgIpc) is 3.14. The third-order valence-electron chi connectivity index (χ3n) is 4.06. The molecule has 0 spiro atoms. The Morgan fingerprint density at radius 3 is 2.53 bits per heavy atom. The molecule has 0 aliphatic carbocycles. The van der Waals surface area contributed by atoms with Crippen molar-refractivity contribution in [2.75, 3.05) is 13.8 Å². The van der Waals surface area contributed by atoms with Crippen molar-refractivity contribution in [1.29, 1.82) is 0 Å². The van der Waals surface area contributed by atoms with Crippen LogP contribution in [-0.2, 0) is 11.3 Å². The quantitative estimate of drug-likeness (QED) is 0.465. The van der Waals surface area contributed by atoms with Gasteiger partial charge in [-0.3, -0.25) is 4.79 Å². The van der Waals surface area contributed by atoms with E-state index in [2.05, 4.69) is 9.47 Å². The summed E-state index contributed by atoms with van der Waals surface area (Å²) in [6.07, 6.45) is 2.41. The van der Waals surface area contributed by atoms with E-state index >= 15 is 0 Å². The Morgan fingerprint density at radius 1 is 1.07 bits per heavy atom. The van der Waals surface area contributed by atoms with Gasteiger partial charge in [0.1, 0.15) is 11.5 Å². The van der Waals surface area contributed by atoms with Gasteiger partial charge in [0.25, 0.3) is 0 Å². The topological polar surface area (TPSA) is 57.2 Å². The summed E-state index contributed by atoms with van der Waals surface area (Å²) >= 11 is 0. The Morgan fingerprint density at radius 2 is 1.80 bits per heavy atom. The molecular formula is C20H17F4NO5. The predicted molar refractivity (Wildman–Crippen MR) is 97.8 cm³/mol. The molecule has 0 bridgehead atoms. The van der Waals surface area contributed by atoms with Crippen LogP contribution < -0.4 is 18.9 Å². The number of carbonyl (C=O) groups excluding carboxylic acids is 1. The van der Waals surface area contributed by atoms with Gasteiger partial charge in [0, 0.05) is 31.3 Å². The number of alkyl halides is 4. The predicted octanol–water partition coefficient (Wildman–Crippen LogP) is 4.29. The van der Waals surface area contributed by atoms with Gasteiger partial charge in [0.15, 0.2) is 11.5 Å². The number of likely N-dealkylation sites (N-methyl/N-ethyl adjacent to an activating group) is 1. The number of fused-ring (bicyclic) bond motifs is 1. The molecule has 0 N–H and O–H groups in total. The lowest BCUT2D eigenvalue weighted by molar-refractivity contribution is -0.125. The Labute approximate surface area is 169 Å². The smallest absolute Gasteiger partial charge is 0.387 e. The van der Waals surface area contributed by atoms with Crippen LogP contribution in [0.5, 0.6) is 23.0 Å². The van der Waals surface area contributed by atoms with Gasteiger partial charge in [0.2, 0.25) is 12.7 Å². The molecular weight excluding hydrogens is 410 g/mol. The van der Waals surface area contributed by atoms with E-state index in [0.717, 1.165) is 23.8 Å². The summed E-state index contributed by atoms with van der Waals surface area (Å²) in [6.45, 7) is -5.89. The second-order valence-electron chi connectivity index (χ2n) is 6.17. The lowest BCUT2D eigenvalue weighted by Crippen LogP contribution is -2.24. The van der Waals surface area contributed by atoms with Crippen LogP contribution in [0.1, 0.15) is 11.1 Å². The zero-order valence-electron chi connectivity index (χ0n) is 15.7. The highest BCUT2D eigenvalue weighted by atomic mass is 19.3. The molecule has 30 heavy (non-hydrogen) atoms. The lowest BCUT2D eigenvalue weighted by atomic mass is 10.1. The van der Waals surface area contributed by atoms with Crippen LogP contribution in [0, 0.1) is 0 Å². The number of benzene rings is 2. The monoisotopic (exact) mass is 427 g/mol. The van der Waals surface area contributed by atoms with Crippen LogP contribution in [0.4, 0.5) is 17.6 Å². The number of halogens is 4. The molecule has 0 atom stereocenters. The second-order valence-corrected chi connectivity index (χ2v) is 6.17. The Hall–Kier alpha value is -3.43. The molecule has 1 amide bonds. The van der Waals surface area contributed by atoms with E-state index in [1.165, 1.54) is 17.0 Å². The molecule has 160 valence electrons. The summed E-state index contributed by atoms with van der Waals surface area (Å²) in [6, 6.07) is 8.58. The molecule has 10 heteroatoms. The van der Waals surface area contributed by atoms with Crippen molar-refractivity contribution in [2.24, 2.45) is 0 Å². The summed E-state index contributed by atoms with van der Waals surface area (Å²) in [7, 11) is 1.56. The second kappa shape index (κ2) is 9.38. The van der Waals surface area contributed by atoms with E-state index in [4.69, 9.17) is 9.47 Å². The molecule has 2 aromatic rings. The van der Waals surface area contributed by atoms with Crippen LogP contribution >= 0.6 is 0 Å². The van der Waals surface area contributed by atoms with Crippen LogP contribution in [0.3, 0.4) is 0 Å². The molecule has 0 aromatic heterocycles. The van der Waals surface area contributed by atoms with Crippen molar-refractivity contribution in [2.45, 2.75) is 19.8 Å². The zero-order valence-corrected chi connectivity index (χ0v) is 15.7. The molecule has 3 rings (SSSR count). The maximum Gasteiger partial charge on any atom is 0.387 e. The number of rotatable bonds is 8. The molecule has 0 radical (unpaired) electrons. The number of nitrogens with zero attached hydrogens (tertiary/aromatic N) is 1. The van der Waals surface area contributed by atoms with Crippen molar-refractivity contribution in [3.63, 3.8) is 0 Å². The van der Waals surface area contributed by atoms with Crippen molar-refractivity contribution < 1.29 is 41.3 Å². The summed E-state index contributed by atoms with van der Waals surface area (Å²) in [5.74, 6) is 0.0560. The minimum absolute atomic E-state index is 0.0988. The summed E-state index contributed by atoms with van der Waals surface area (Å²) in [5, 5.41) is 0. The standard InChI is InChI=1S/C20H17F4NO5/c1-25(10-12-2-6-15-17(8-12)28-11-27-15)18(26)7-4-13-3-5-14(29-19(21)22)9-16(13)30-20(23)24/h2-9,19-20H,10-11H2,1H3/b7-4+. The summed E-state index contributed by atoms with van der Waals surface area (Å²) < 4.78 is 68.9. The Kier molecular flexibility index (Phi) is 6.65. The highest BCUT2D eigenvalue weighted by Gasteiger charge is 2.16. The first kappa shape index (κ1) is 21.3. The molecule has 1 aliphatic heterocycles. The first-order chi connectivity index (χ1) is 14.3. The van der Waals surface area contributed by atoms with Crippen molar-refractivity contribution >= 4 is 12.0 Å². The largest absolute Gasteiger partial charge is 0.454 e. The molecule has 1 heterocycles. The highest BCUT2D eigenvalue weighted by molar-refractivity contribution is 5.92. The maximum absolute atomic E-state index is 12.6. The van der Waals surface area contributed by atoms with Gasteiger partial charge in [-0.25, -0.2) is 0 Å². The van der Waals surface area contributed by atoms with E-state index < -0.39 is 24.9 Å². The van der Waals surface area contributed by atoms with Gasteiger partial charge in [-0.15, -0.1) is 0 Å². The normalized spacial score (nSPS) is 12.6. The molecule has 6 nitrogen and oxygen atoms in total. The number of carbonyl (C=O) groups is 1. The van der Waals surface area contributed by atoms with E-state index in [9.17, 15) is 22.4 Å². The van der Waals surface area contributed by atoms with E-state index in [1.54, 1.807) is 25.2 Å². The van der Waals surface area contributed by atoms with Crippen LogP contribution in [0.2, 0.25) is 0 Å². The van der Waals surface area contributed by atoms with E-state index in [-0.39, 0.29) is 24.7 Å². The van der Waals surface area contributed by atoms with Gasteiger partial charge in [-0.2, -0.15) is 17.6 Å². The molecule has 2 aromatic carbocycles. The first-order valence-electron chi connectivity index (χ1n) is 8.67. The third-order valence-corrected chi connectivity index (χ3v) is 4.06. The average molecular weight is 427 g/mol. The number of hydrogen-bond acceptors (Lipinski definition) is 5. The van der Waals surface area contributed by atoms with Gasteiger partial charge < -0.3 is 23.8 Å². The number of amides is 1. The molecule has 0 fully saturated rings. The van der Waals surface area contributed by atoms with Crippen LogP contribution in [0.15, 0.2) is 42.5 Å². The van der Waals surface area contributed by atoms with Crippen molar-refractivity contribution in [3.05, 3.63) is 53.6 Å². The SMILES string of the molecule is CN(Cc1ccc2c(c1)OCO2)C(=O)/C=C/c1ccc(OC(F)F)cc1OC(F)F. The lowest BCUT2D eigenvalue weighted by Gasteiger charge is -2.16. The molecule has 0 unspecified atom stereocenters. The van der Waals surface area contributed by atoms with Gasteiger partial charge in [-0.05, 0) is 35.9 Å². The summed E-state index contributed by atoms with van der Waals surface area (Å²) in [4.78, 5) is 13.8. The molecule has 0 saturated carbocycles. The van der Waals surface area contributed by atoms with Crippen LogP contribution in [-0.4, -0.2) is 37.9 Å². The van der Waals surface area contributed by atoms with E-state index in [1.807, 2.05) is 0 Å². The fraction of sp³-hybridized carbons (Fsp3) is 0.250. The number of ether oxygens (including phenoxy) is 4. The van der Waals surface area contributed by atoms with E-state index in [0.29, 0.717) is 11.5 Å². The zero-order chi connectivity index (χ0) is 21.7. The van der Waals surface area contributed by atoms with Gasteiger partial charge >= 0.3 is 13.2 Å². The van der Waals surface area contributed by atoms with Crippen molar-refractivity contribution in [1.82, 2.24) is 4.90 Å². The molecule has 1 aliphatic rings. The van der Waals surface area contributed by atoms with Crippen molar-refractivity contribution in [3.8, 4) is 23.0 Å². The minimum atomic E-state index is -3.18. The summed E-state index contributed by atoms with van der Waals surface area (Å²) in [5.41, 5.74) is 0.903. The number of hydrogen-bond donors (Lipinski definition) is 0. The Bertz CT molecular complexity index is 935. The first-order valence-corrected chi connectivity index (χ1v) is 8.67. The maximum atomic E-state index is 12.6. The highest BCUT2D eigenvalue weighted by Crippen LogP contribution is 2.33. The Balaban J connectivity index is 1.69. The minimum Gasteiger partial charge on any atom is -0.454 e. The van der Waals surface area contributed by atoms with Gasteiger partial charge in [-0.1, -0.05) is 6.07 Å². The van der Waals surface area contributed by atoms with Crippen LogP contribution in [0.25, 0.3) is 6.08 Å². The third kappa shape index (κ3) is 5.56. The molecule has 0 saturated heterocycles. The fourth-order valence-corrected chi connectivity index (χ4v) is 2.71.